The highest BCUT2D eigenvalue weighted by atomic mass is 16.5. The molecule has 1 aromatic carbocycles. The highest BCUT2D eigenvalue weighted by Gasteiger charge is 2.30. The van der Waals surface area contributed by atoms with Gasteiger partial charge in [-0.15, -0.1) is 0 Å². The second kappa shape index (κ2) is 8.88. The van der Waals surface area contributed by atoms with E-state index in [0.717, 1.165) is 18.4 Å². The van der Waals surface area contributed by atoms with Gasteiger partial charge in [-0.1, -0.05) is 19.4 Å². The standard InChI is InChI=1S/C20H22N8O2/c1-3-4-7-30-13-6-5-11(8-14(13)29-2)17-15-16(23)12(9-21)18(24)27-19(15)28-20(26-17)25-10-22/h5-6,8,17H,3-4,7H2,1-2H3,(H6,23,24,25,26,27,28). The van der Waals surface area contributed by atoms with Gasteiger partial charge in [-0.05, 0) is 24.1 Å². The van der Waals surface area contributed by atoms with Crippen molar-refractivity contribution in [3.05, 3.63) is 34.9 Å². The van der Waals surface area contributed by atoms with Crippen LogP contribution in [0.15, 0.2) is 23.2 Å². The van der Waals surface area contributed by atoms with Crippen LogP contribution in [0.4, 0.5) is 17.3 Å². The molecule has 1 unspecified atom stereocenters. The number of hydrogen-bond acceptors (Lipinski definition) is 10. The highest BCUT2D eigenvalue weighted by Crippen LogP contribution is 2.42. The molecule has 0 radical (unpaired) electrons. The molecule has 1 atom stereocenters. The number of hydrogen-bond donors (Lipinski definition) is 4. The Morgan fingerprint density at radius 2 is 2.07 bits per heavy atom. The third-order valence-electron chi connectivity index (χ3n) is 4.62. The Hall–Kier alpha value is -4.18. The first-order valence-corrected chi connectivity index (χ1v) is 9.33. The quantitative estimate of drug-likeness (QED) is 0.319. The molecular formula is C20H22N8O2. The van der Waals surface area contributed by atoms with Crippen LogP contribution in [0.25, 0.3) is 0 Å². The van der Waals surface area contributed by atoms with Gasteiger partial charge >= 0.3 is 0 Å². The molecule has 0 aliphatic carbocycles. The largest absolute Gasteiger partial charge is 0.493 e. The van der Waals surface area contributed by atoms with Gasteiger partial charge in [-0.2, -0.15) is 10.5 Å². The van der Waals surface area contributed by atoms with Crippen molar-refractivity contribution < 1.29 is 9.47 Å². The summed E-state index contributed by atoms with van der Waals surface area (Å²) >= 11 is 0. The second-order valence-electron chi connectivity index (χ2n) is 6.51. The van der Waals surface area contributed by atoms with Gasteiger partial charge in [-0.25, -0.2) is 9.98 Å². The number of benzene rings is 1. The molecule has 1 aromatic heterocycles. The third-order valence-corrected chi connectivity index (χ3v) is 4.62. The van der Waals surface area contributed by atoms with E-state index < -0.39 is 6.04 Å². The van der Waals surface area contributed by atoms with E-state index in [1.807, 2.05) is 18.3 Å². The molecule has 10 nitrogen and oxygen atoms in total. The Labute approximate surface area is 174 Å². The van der Waals surface area contributed by atoms with Crippen molar-refractivity contribution in [2.45, 2.75) is 25.8 Å². The summed E-state index contributed by atoms with van der Waals surface area (Å²) < 4.78 is 11.3. The zero-order chi connectivity index (χ0) is 21.7. The maximum Gasteiger partial charge on any atom is 0.211 e. The lowest BCUT2D eigenvalue weighted by Gasteiger charge is -2.26. The maximum absolute atomic E-state index is 9.42. The fourth-order valence-electron chi connectivity index (χ4n) is 3.12. The number of fused-ring (bicyclic) bond motifs is 1. The van der Waals surface area contributed by atoms with Gasteiger partial charge in [0.2, 0.25) is 5.96 Å². The van der Waals surface area contributed by atoms with Crippen LogP contribution >= 0.6 is 0 Å². The number of nitrogen functional groups attached to an aromatic ring is 2. The molecule has 0 fully saturated rings. The highest BCUT2D eigenvalue weighted by molar-refractivity contribution is 5.98. The maximum atomic E-state index is 9.42. The molecule has 2 aromatic rings. The number of anilines is 3. The fraction of sp³-hybridized carbons (Fsp3) is 0.300. The molecule has 6 N–H and O–H groups in total. The zero-order valence-corrected chi connectivity index (χ0v) is 16.7. The predicted octanol–water partition coefficient (Wildman–Crippen LogP) is 2.25. The fourth-order valence-corrected chi connectivity index (χ4v) is 3.12. The molecular weight excluding hydrogens is 384 g/mol. The molecule has 0 saturated carbocycles. The van der Waals surface area contributed by atoms with Gasteiger partial charge in [-0.3, -0.25) is 5.32 Å². The monoisotopic (exact) mass is 406 g/mol. The Balaban J connectivity index is 2.11. The minimum Gasteiger partial charge on any atom is -0.493 e. The van der Waals surface area contributed by atoms with Crippen LogP contribution < -0.4 is 31.6 Å². The van der Waals surface area contributed by atoms with Crippen molar-refractivity contribution in [1.29, 1.82) is 10.5 Å². The lowest BCUT2D eigenvalue weighted by molar-refractivity contribution is 0.288. The van der Waals surface area contributed by atoms with Crippen LogP contribution in [0, 0.1) is 22.8 Å². The molecule has 0 amide bonds. The summed E-state index contributed by atoms with van der Waals surface area (Å²) in [5.74, 6) is 1.66. The summed E-state index contributed by atoms with van der Waals surface area (Å²) in [6.07, 6.45) is 3.77. The molecule has 0 bridgehead atoms. The van der Waals surface area contributed by atoms with E-state index in [9.17, 15) is 5.26 Å². The number of pyridine rings is 1. The minimum absolute atomic E-state index is 0.00420. The summed E-state index contributed by atoms with van der Waals surface area (Å²) in [6.45, 7) is 2.67. The van der Waals surface area contributed by atoms with Gasteiger partial charge < -0.3 is 26.3 Å². The summed E-state index contributed by atoms with van der Waals surface area (Å²) in [4.78, 5) is 8.78. The average Bonchev–Trinajstić information content (AvgIpc) is 2.74. The van der Waals surface area contributed by atoms with Crippen LogP contribution in [0.3, 0.4) is 0 Å². The van der Waals surface area contributed by atoms with Gasteiger partial charge in [0.05, 0.1) is 19.4 Å². The molecule has 2 heterocycles. The van der Waals surface area contributed by atoms with Crippen LogP contribution in [-0.4, -0.2) is 24.7 Å². The number of guanidine groups is 1. The normalized spacial score (nSPS) is 14.4. The molecule has 1 aliphatic rings. The Kier molecular flexibility index (Phi) is 6.08. The van der Waals surface area contributed by atoms with Gasteiger partial charge in [0, 0.05) is 5.56 Å². The van der Waals surface area contributed by atoms with Crippen LogP contribution in [0.2, 0.25) is 0 Å². The lowest BCUT2D eigenvalue weighted by atomic mass is 9.95. The number of rotatable bonds is 6. The van der Waals surface area contributed by atoms with Crippen molar-refractivity contribution in [2.75, 3.05) is 30.5 Å². The summed E-state index contributed by atoms with van der Waals surface area (Å²) in [6, 6.07) is 6.75. The predicted molar refractivity (Wildman–Crippen MR) is 113 cm³/mol. The smallest absolute Gasteiger partial charge is 0.211 e. The van der Waals surface area contributed by atoms with E-state index in [1.54, 1.807) is 19.2 Å². The van der Waals surface area contributed by atoms with Gasteiger partial charge in [0.25, 0.3) is 0 Å². The Morgan fingerprint density at radius 1 is 1.27 bits per heavy atom. The summed E-state index contributed by atoms with van der Waals surface area (Å²) in [5.41, 5.74) is 13.6. The Morgan fingerprint density at radius 3 is 2.73 bits per heavy atom. The van der Waals surface area contributed by atoms with Crippen molar-refractivity contribution in [2.24, 2.45) is 4.99 Å². The first-order chi connectivity index (χ1) is 14.5. The molecule has 154 valence electrons. The lowest BCUT2D eigenvalue weighted by Crippen LogP contribution is -2.32. The molecule has 0 saturated heterocycles. The van der Waals surface area contributed by atoms with Crippen molar-refractivity contribution in [3.63, 3.8) is 0 Å². The molecule has 0 spiro atoms. The SMILES string of the molecule is CCCCOc1ccc(C2N=C(NC#N)Nc3nc(N)c(C#N)c(N)c32)cc1OC. The minimum atomic E-state index is -0.643. The number of nitriles is 2. The van der Waals surface area contributed by atoms with E-state index in [0.29, 0.717) is 29.5 Å². The van der Waals surface area contributed by atoms with Crippen LogP contribution in [-0.2, 0) is 0 Å². The molecule has 1 aliphatic heterocycles. The first kappa shape index (κ1) is 20.6. The molecule has 3 rings (SSSR count). The van der Waals surface area contributed by atoms with Gasteiger partial charge in [0.15, 0.2) is 17.7 Å². The number of aromatic nitrogens is 1. The third kappa shape index (κ3) is 3.84. The molecule has 10 heteroatoms. The zero-order valence-electron chi connectivity index (χ0n) is 16.7. The number of nitrogens with two attached hydrogens (primary N) is 2. The van der Waals surface area contributed by atoms with E-state index in [4.69, 9.17) is 26.2 Å². The summed E-state index contributed by atoms with van der Waals surface area (Å²) in [7, 11) is 1.55. The second-order valence-corrected chi connectivity index (χ2v) is 6.51. The van der Waals surface area contributed by atoms with Gasteiger partial charge in [0.1, 0.15) is 29.3 Å². The van der Waals surface area contributed by atoms with Crippen molar-refractivity contribution in [1.82, 2.24) is 10.3 Å². The van der Waals surface area contributed by atoms with Crippen LogP contribution in [0.5, 0.6) is 11.5 Å². The number of aliphatic imine (C=N–C) groups is 1. The number of ether oxygens (including phenoxy) is 2. The number of nitrogens with zero attached hydrogens (tertiary/aromatic N) is 4. The molecule has 30 heavy (non-hydrogen) atoms. The first-order valence-electron chi connectivity index (χ1n) is 9.33. The van der Waals surface area contributed by atoms with E-state index >= 15 is 0 Å². The number of unbranched alkanes of at least 4 members (excludes halogenated alkanes) is 1. The van der Waals surface area contributed by atoms with E-state index in [2.05, 4.69) is 27.5 Å². The number of methoxy groups -OCH3 is 1. The van der Waals surface area contributed by atoms with Crippen molar-refractivity contribution >= 4 is 23.3 Å². The average molecular weight is 406 g/mol. The van der Waals surface area contributed by atoms with E-state index in [1.165, 1.54) is 0 Å². The summed E-state index contributed by atoms with van der Waals surface area (Å²) in [5, 5.41) is 23.8. The topological polar surface area (TPSA) is 167 Å². The Bertz CT molecular complexity index is 1070. The number of nitrogens with one attached hydrogen (secondary N) is 2. The van der Waals surface area contributed by atoms with Crippen molar-refractivity contribution in [3.8, 4) is 23.8 Å². The van der Waals surface area contributed by atoms with Crippen LogP contribution in [0.1, 0.15) is 42.5 Å². The van der Waals surface area contributed by atoms with E-state index in [-0.39, 0.29) is 23.0 Å².